The first-order valence-electron chi connectivity index (χ1n) is 8.12. The first kappa shape index (κ1) is 16.3. The topological polar surface area (TPSA) is 59.8 Å². The van der Waals surface area contributed by atoms with Crippen LogP contribution in [0.15, 0.2) is 73.1 Å². The number of rotatable bonds is 4. The molecule has 0 aliphatic heterocycles. The molecule has 4 aromatic rings. The third-order valence-corrected chi connectivity index (χ3v) is 4.36. The minimum Gasteiger partial charge on any atom is -0.341 e. The summed E-state index contributed by atoms with van der Waals surface area (Å²) in [5.41, 5.74) is 3.19. The Morgan fingerprint density at radius 3 is 2.62 bits per heavy atom. The number of nitrogens with one attached hydrogen (secondary N) is 1. The van der Waals surface area contributed by atoms with Crippen molar-refractivity contribution in [3.05, 3.63) is 89.3 Å². The average molecular weight is 363 g/mol. The molecule has 0 saturated carbocycles. The number of hydrogen-bond donors (Lipinski definition) is 1. The lowest BCUT2D eigenvalue weighted by Gasteiger charge is -2.05. The standard InChI is InChI=1S/C20H15ClN4O/c21-15-9-7-14(8-10-15)12-25-13-18(16-4-1-2-6-19(16)25)23-20(26)17-5-3-11-22-24-17/h1-11,13H,12H2,(H,23,26). The molecule has 0 atom stereocenters. The van der Waals surface area contributed by atoms with Gasteiger partial charge in [0.1, 0.15) is 0 Å². The molecular formula is C20H15ClN4O. The van der Waals surface area contributed by atoms with Crippen molar-refractivity contribution in [1.82, 2.24) is 14.8 Å². The Kier molecular flexibility index (Phi) is 4.37. The lowest BCUT2D eigenvalue weighted by Crippen LogP contribution is -2.13. The monoisotopic (exact) mass is 362 g/mol. The van der Waals surface area contributed by atoms with Crippen LogP contribution >= 0.6 is 11.6 Å². The van der Waals surface area contributed by atoms with Gasteiger partial charge in [-0.1, -0.05) is 41.9 Å². The third-order valence-electron chi connectivity index (χ3n) is 4.11. The van der Waals surface area contributed by atoms with E-state index < -0.39 is 0 Å². The quantitative estimate of drug-likeness (QED) is 0.586. The van der Waals surface area contributed by atoms with Crippen LogP contribution < -0.4 is 5.32 Å². The summed E-state index contributed by atoms with van der Waals surface area (Å²) >= 11 is 5.96. The number of amides is 1. The maximum absolute atomic E-state index is 12.4. The zero-order chi connectivity index (χ0) is 17.9. The molecule has 26 heavy (non-hydrogen) atoms. The molecule has 1 N–H and O–H groups in total. The third kappa shape index (κ3) is 3.30. The van der Waals surface area contributed by atoms with Crippen molar-refractivity contribution in [1.29, 1.82) is 0 Å². The minimum absolute atomic E-state index is 0.280. The van der Waals surface area contributed by atoms with Gasteiger partial charge in [-0.15, -0.1) is 5.10 Å². The molecule has 0 unspecified atom stereocenters. The van der Waals surface area contributed by atoms with Gasteiger partial charge in [-0.3, -0.25) is 4.79 Å². The summed E-state index contributed by atoms with van der Waals surface area (Å²) in [7, 11) is 0. The second kappa shape index (κ2) is 6.98. The summed E-state index contributed by atoms with van der Waals surface area (Å²) in [4.78, 5) is 12.4. The fourth-order valence-corrected chi connectivity index (χ4v) is 3.00. The highest BCUT2D eigenvalue weighted by Gasteiger charge is 2.13. The molecule has 4 rings (SSSR count). The van der Waals surface area contributed by atoms with E-state index in [0.29, 0.717) is 11.6 Å². The van der Waals surface area contributed by atoms with Crippen molar-refractivity contribution >= 4 is 34.1 Å². The summed E-state index contributed by atoms with van der Waals surface area (Å²) in [5, 5.41) is 12.2. The van der Waals surface area contributed by atoms with Gasteiger partial charge in [-0.25, -0.2) is 0 Å². The molecule has 128 valence electrons. The van der Waals surface area contributed by atoms with Gasteiger partial charge in [0.15, 0.2) is 5.69 Å². The van der Waals surface area contributed by atoms with E-state index in [1.807, 2.05) is 54.7 Å². The summed E-state index contributed by atoms with van der Waals surface area (Å²) in [6.07, 6.45) is 3.47. The fraction of sp³-hybridized carbons (Fsp3) is 0.0500. The van der Waals surface area contributed by atoms with E-state index >= 15 is 0 Å². The summed E-state index contributed by atoms with van der Waals surface area (Å²) in [6, 6.07) is 19.0. The normalized spacial score (nSPS) is 10.8. The number of para-hydroxylation sites is 1. The van der Waals surface area contributed by atoms with Crippen LogP contribution in [0, 0.1) is 0 Å². The number of anilines is 1. The number of nitrogens with zero attached hydrogens (tertiary/aromatic N) is 3. The summed E-state index contributed by atoms with van der Waals surface area (Å²) in [6.45, 7) is 0.679. The van der Waals surface area contributed by atoms with E-state index in [4.69, 9.17) is 11.6 Å². The van der Waals surface area contributed by atoms with Gasteiger partial charge in [0.25, 0.3) is 5.91 Å². The van der Waals surface area contributed by atoms with E-state index in [1.54, 1.807) is 12.1 Å². The largest absolute Gasteiger partial charge is 0.341 e. The molecule has 0 bridgehead atoms. The zero-order valence-electron chi connectivity index (χ0n) is 13.8. The first-order valence-corrected chi connectivity index (χ1v) is 8.50. The minimum atomic E-state index is -0.285. The molecule has 1 amide bonds. The SMILES string of the molecule is O=C(Nc1cn(Cc2ccc(Cl)cc2)c2ccccc12)c1cccnn1. The molecule has 2 aromatic carbocycles. The Morgan fingerprint density at radius 2 is 1.85 bits per heavy atom. The molecule has 0 aliphatic rings. The molecule has 2 heterocycles. The number of halogens is 1. The second-order valence-corrected chi connectivity index (χ2v) is 6.31. The molecular weight excluding hydrogens is 348 g/mol. The number of carbonyl (C=O) groups excluding carboxylic acids is 1. The smallest absolute Gasteiger partial charge is 0.276 e. The fourth-order valence-electron chi connectivity index (χ4n) is 2.87. The van der Waals surface area contributed by atoms with E-state index in [9.17, 15) is 4.79 Å². The first-order chi connectivity index (χ1) is 12.7. The molecule has 0 spiro atoms. The van der Waals surface area contributed by atoms with E-state index in [1.165, 1.54) is 6.20 Å². The second-order valence-electron chi connectivity index (χ2n) is 5.88. The van der Waals surface area contributed by atoms with Crippen molar-refractivity contribution in [2.45, 2.75) is 6.54 Å². The molecule has 0 aliphatic carbocycles. The molecule has 2 aromatic heterocycles. The van der Waals surface area contributed by atoms with Crippen LogP contribution in [0.4, 0.5) is 5.69 Å². The van der Waals surface area contributed by atoms with Crippen LogP contribution in [0.2, 0.25) is 5.02 Å². The molecule has 0 radical (unpaired) electrons. The predicted molar refractivity (Wildman–Crippen MR) is 102 cm³/mol. The van der Waals surface area contributed by atoms with Crippen molar-refractivity contribution in [2.75, 3.05) is 5.32 Å². The van der Waals surface area contributed by atoms with Gasteiger partial charge >= 0.3 is 0 Å². The molecule has 0 saturated heterocycles. The van der Waals surface area contributed by atoms with Crippen molar-refractivity contribution in [3.63, 3.8) is 0 Å². The number of benzene rings is 2. The Hall–Kier alpha value is -3.18. The summed E-state index contributed by atoms with van der Waals surface area (Å²) in [5.74, 6) is -0.285. The lowest BCUT2D eigenvalue weighted by atomic mass is 10.2. The maximum atomic E-state index is 12.4. The van der Waals surface area contributed by atoms with Crippen LogP contribution in [0.5, 0.6) is 0 Å². The van der Waals surface area contributed by atoms with Crippen molar-refractivity contribution in [3.8, 4) is 0 Å². The molecule has 5 nitrogen and oxygen atoms in total. The predicted octanol–water partition coefficient (Wildman–Crippen LogP) is 4.39. The van der Waals surface area contributed by atoms with Gasteiger partial charge in [-0.2, -0.15) is 5.10 Å². The van der Waals surface area contributed by atoms with Crippen molar-refractivity contribution in [2.24, 2.45) is 0 Å². The van der Waals surface area contributed by atoms with Crippen molar-refractivity contribution < 1.29 is 4.79 Å². The van der Waals surface area contributed by atoms with Crippen LogP contribution in [0.3, 0.4) is 0 Å². The number of hydrogen-bond acceptors (Lipinski definition) is 3. The van der Waals surface area contributed by atoms with Gasteiger partial charge < -0.3 is 9.88 Å². The van der Waals surface area contributed by atoms with E-state index in [2.05, 4.69) is 20.1 Å². The highest BCUT2D eigenvalue weighted by molar-refractivity contribution is 6.30. The van der Waals surface area contributed by atoms with Crippen LogP contribution in [0.1, 0.15) is 16.1 Å². The van der Waals surface area contributed by atoms with Crippen LogP contribution in [0.25, 0.3) is 10.9 Å². The number of fused-ring (bicyclic) bond motifs is 1. The Labute approximate surface area is 155 Å². The number of carbonyl (C=O) groups is 1. The number of aromatic nitrogens is 3. The Bertz CT molecular complexity index is 1060. The van der Waals surface area contributed by atoms with E-state index in [-0.39, 0.29) is 11.6 Å². The maximum Gasteiger partial charge on any atom is 0.276 e. The van der Waals surface area contributed by atoms with Gasteiger partial charge in [-0.05, 0) is 35.9 Å². The molecule has 6 heteroatoms. The van der Waals surface area contributed by atoms with Gasteiger partial charge in [0, 0.05) is 29.3 Å². The molecule has 0 fully saturated rings. The average Bonchev–Trinajstić information content (AvgIpc) is 3.02. The van der Waals surface area contributed by atoms with Crippen LogP contribution in [-0.2, 0) is 6.54 Å². The van der Waals surface area contributed by atoms with Gasteiger partial charge in [0.05, 0.1) is 11.2 Å². The lowest BCUT2D eigenvalue weighted by molar-refractivity contribution is 0.102. The Morgan fingerprint density at radius 1 is 1.04 bits per heavy atom. The van der Waals surface area contributed by atoms with Crippen LogP contribution in [-0.4, -0.2) is 20.7 Å². The summed E-state index contributed by atoms with van der Waals surface area (Å²) < 4.78 is 2.10. The highest BCUT2D eigenvalue weighted by Crippen LogP contribution is 2.27. The Balaban J connectivity index is 1.67. The van der Waals surface area contributed by atoms with Gasteiger partial charge in [0.2, 0.25) is 0 Å². The van der Waals surface area contributed by atoms with E-state index in [0.717, 1.165) is 22.2 Å². The zero-order valence-corrected chi connectivity index (χ0v) is 14.5. The highest BCUT2D eigenvalue weighted by atomic mass is 35.5.